The minimum absolute atomic E-state index is 0.193. The van der Waals surface area contributed by atoms with Crippen molar-refractivity contribution in [1.82, 2.24) is 35.1 Å². The lowest BCUT2D eigenvalue weighted by Gasteiger charge is -2.18. The van der Waals surface area contributed by atoms with Crippen LogP contribution in [0.3, 0.4) is 0 Å². The second-order valence-corrected chi connectivity index (χ2v) is 9.14. The van der Waals surface area contributed by atoms with Crippen molar-refractivity contribution in [3.63, 3.8) is 0 Å². The standard InChI is InChI=1S/C27H26ClN7O2/c1-18-22(32-33-35(18)16-24-26-21(13-25(28)30-24)15-29-34(26)2)14-23(20-11-7-4-8-12-20)31-27(36)37-17-19-9-5-3-6-10-19/h3-13,15,23H,14,16-17H2,1-2H3,(H,31,36). The molecule has 0 fully saturated rings. The van der Waals surface area contributed by atoms with Gasteiger partial charge >= 0.3 is 6.09 Å². The number of nitrogens with one attached hydrogen (secondary N) is 1. The van der Waals surface area contributed by atoms with Crippen LogP contribution in [0.5, 0.6) is 0 Å². The number of fused-ring (bicyclic) bond motifs is 1. The first-order chi connectivity index (χ1) is 18.0. The molecule has 0 saturated heterocycles. The predicted molar refractivity (Wildman–Crippen MR) is 140 cm³/mol. The highest BCUT2D eigenvalue weighted by molar-refractivity contribution is 6.30. The van der Waals surface area contributed by atoms with Crippen molar-refractivity contribution in [2.75, 3.05) is 0 Å². The monoisotopic (exact) mass is 515 g/mol. The van der Waals surface area contributed by atoms with Crippen LogP contribution in [0.15, 0.2) is 72.9 Å². The summed E-state index contributed by atoms with van der Waals surface area (Å²) in [6.07, 6.45) is 1.71. The van der Waals surface area contributed by atoms with Gasteiger partial charge in [-0.3, -0.25) is 4.68 Å². The van der Waals surface area contributed by atoms with Gasteiger partial charge in [0.1, 0.15) is 11.8 Å². The Hall–Kier alpha value is -4.24. The number of hydrogen-bond donors (Lipinski definition) is 1. The van der Waals surface area contributed by atoms with Crippen molar-refractivity contribution < 1.29 is 9.53 Å². The number of alkyl carbamates (subject to hydrolysis) is 1. The molecule has 2 aromatic carbocycles. The Kier molecular flexibility index (Phi) is 7.14. The first kappa shape index (κ1) is 24.5. The number of carbonyl (C=O) groups excluding carboxylic acids is 1. The third-order valence-corrected chi connectivity index (χ3v) is 6.43. The van der Waals surface area contributed by atoms with E-state index in [-0.39, 0.29) is 12.6 Å². The van der Waals surface area contributed by atoms with Gasteiger partial charge in [0, 0.05) is 18.9 Å². The summed E-state index contributed by atoms with van der Waals surface area (Å²) in [6.45, 7) is 2.53. The van der Waals surface area contributed by atoms with Gasteiger partial charge in [0.15, 0.2) is 0 Å². The van der Waals surface area contributed by atoms with Crippen molar-refractivity contribution in [3.05, 3.63) is 106 Å². The van der Waals surface area contributed by atoms with Gasteiger partial charge in [-0.1, -0.05) is 77.5 Å². The van der Waals surface area contributed by atoms with Crippen LogP contribution in [0.1, 0.15) is 34.3 Å². The smallest absolute Gasteiger partial charge is 0.407 e. The Bertz CT molecular complexity index is 1520. The second kappa shape index (κ2) is 10.8. The maximum Gasteiger partial charge on any atom is 0.407 e. The summed E-state index contributed by atoms with van der Waals surface area (Å²) in [7, 11) is 1.87. The Morgan fingerprint density at radius 3 is 2.57 bits per heavy atom. The van der Waals surface area contributed by atoms with E-state index in [1.807, 2.05) is 74.6 Å². The van der Waals surface area contributed by atoms with Gasteiger partial charge in [0.25, 0.3) is 0 Å². The molecule has 0 radical (unpaired) electrons. The van der Waals surface area contributed by atoms with E-state index in [1.165, 1.54) is 0 Å². The summed E-state index contributed by atoms with van der Waals surface area (Å²) in [5.41, 5.74) is 5.15. The fraction of sp³-hybridized carbons (Fsp3) is 0.222. The van der Waals surface area contributed by atoms with Crippen LogP contribution >= 0.6 is 11.6 Å². The highest BCUT2D eigenvalue weighted by Crippen LogP contribution is 2.23. The molecule has 10 heteroatoms. The number of hydrogen-bond acceptors (Lipinski definition) is 6. The van der Waals surface area contributed by atoms with Gasteiger partial charge in [0.2, 0.25) is 0 Å². The Labute approximate surface area is 219 Å². The Morgan fingerprint density at radius 1 is 1.08 bits per heavy atom. The molecule has 9 nitrogen and oxygen atoms in total. The summed E-state index contributed by atoms with van der Waals surface area (Å²) in [6, 6.07) is 20.8. The number of pyridine rings is 1. The Balaban J connectivity index is 1.34. The third kappa shape index (κ3) is 5.62. The summed E-state index contributed by atoms with van der Waals surface area (Å²) >= 11 is 6.25. The number of ether oxygens (including phenoxy) is 1. The van der Waals surface area contributed by atoms with Crippen LogP contribution in [0, 0.1) is 6.92 Å². The van der Waals surface area contributed by atoms with E-state index in [1.54, 1.807) is 21.6 Å². The van der Waals surface area contributed by atoms with E-state index >= 15 is 0 Å². The van der Waals surface area contributed by atoms with Crippen LogP contribution in [-0.4, -0.2) is 35.9 Å². The Morgan fingerprint density at radius 2 is 1.81 bits per heavy atom. The fourth-order valence-electron chi connectivity index (χ4n) is 4.28. The molecular formula is C27H26ClN7O2. The summed E-state index contributed by atoms with van der Waals surface area (Å²) in [4.78, 5) is 17.2. The second-order valence-electron chi connectivity index (χ2n) is 8.75. The number of halogens is 1. The number of rotatable bonds is 8. The van der Waals surface area contributed by atoms with Gasteiger partial charge < -0.3 is 10.1 Å². The zero-order valence-electron chi connectivity index (χ0n) is 20.5. The van der Waals surface area contributed by atoms with Gasteiger partial charge in [-0.15, -0.1) is 5.10 Å². The lowest BCUT2D eigenvalue weighted by Crippen LogP contribution is -2.30. The summed E-state index contributed by atoms with van der Waals surface area (Å²) < 4.78 is 9.03. The fourth-order valence-corrected chi connectivity index (χ4v) is 4.50. The van der Waals surface area contributed by atoms with E-state index in [0.29, 0.717) is 18.1 Å². The molecule has 188 valence electrons. The molecule has 0 aliphatic heterocycles. The normalized spacial score (nSPS) is 12.0. The van der Waals surface area contributed by atoms with Gasteiger partial charge in [0.05, 0.1) is 41.4 Å². The average molecular weight is 516 g/mol. The van der Waals surface area contributed by atoms with E-state index in [0.717, 1.165) is 39.1 Å². The zero-order chi connectivity index (χ0) is 25.8. The molecule has 3 aromatic heterocycles. The molecule has 1 unspecified atom stereocenters. The molecule has 37 heavy (non-hydrogen) atoms. The van der Waals surface area contributed by atoms with Gasteiger partial charge in [-0.2, -0.15) is 5.10 Å². The third-order valence-electron chi connectivity index (χ3n) is 6.24. The summed E-state index contributed by atoms with van der Waals surface area (Å²) in [5, 5.41) is 17.4. The average Bonchev–Trinajstić information content (AvgIpc) is 3.45. The minimum atomic E-state index is -0.496. The number of amides is 1. The van der Waals surface area contributed by atoms with Crippen LogP contribution < -0.4 is 5.32 Å². The number of benzene rings is 2. The number of carbonyl (C=O) groups is 1. The van der Waals surface area contributed by atoms with E-state index in [9.17, 15) is 4.79 Å². The van der Waals surface area contributed by atoms with Crippen LogP contribution in [-0.2, 0) is 31.4 Å². The largest absolute Gasteiger partial charge is 0.445 e. The van der Waals surface area contributed by atoms with Crippen LogP contribution in [0.25, 0.3) is 10.9 Å². The van der Waals surface area contributed by atoms with Crippen LogP contribution in [0.2, 0.25) is 5.15 Å². The quantitative estimate of drug-likeness (QED) is 0.298. The zero-order valence-corrected chi connectivity index (χ0v) is 21.3. The molecule has 5 rings (SSSR count). The van der Waals surface area contributed by atoms with Gasteiger partial charge in [-0.25, -0.2) is 14.5 Å². The molecular weight excluding hydrogens is 490 g/mol. The molecule has 1 N–H and O–H groups in total. The topological polar surface area (TPSA) is 99.8 Å². The highest BCUT2D eigenvalue weighted by atomic mass is 35.5. The lowest BCUT2D eigenvalue weighted by atomic mass is 10.0. The number of aryl methyl sites for hydroxylation is 1. The summed E-state index contributed by atoms with van der Waals surface area (Å²) in [5.74, 6) is 0. The van der Waals surface area contributed by atoms with E-state index < -0.39 is 6.09 Å². The van der Waals surface area contributed by atoms with Crippen LogP contribution in [0.4, 0.5) is 4.79 Å². The van der Waals surface area contributed by atoms with Crippen molar-refractivity contribution in [1.29, 1.82) is 0 Å². The first-order valence-electron chi connectivity index (χ1n) is 11.9. The van der Waals surface area contributed by atoms with E-state index in [4.69, 9.17) is 16.3 Å². The highest BCUT2D eigenvalue weighted by Gasteiger charge is 2.21. The molecule has 0 aliphatic rings. The maximum absolute atomic E-state index is 12.7. The van der Waals surface area contributed by atoms with Gasteiger partial charge in [-0.05, 0) is 24.1 Å². The molecule has 1 amide bonds. The molecule has 3 heterocycles. The molecule has 5 aromatic rings. The lowest BCUT2D eigenvalue weighted by molar-refractivity contribution is 0.135. The maximum atomic E-state index is 12.7. The minimum Gasteiger partial charge on any atom is -0.445 e. The van der Waals surface area contributed by atoms with Crippen molar-refractivity contribution >= 4 is 28.6 Å². The first-order valence-corrected chi connectivity index (χ1v) is 12.2. The van der Waals surface area contributed by atoms with Crippen molar-refractivity contribution in [2.24, 2.45) is 7.05 Å². The van der Waals surface area contributed by atoms with Crippen molar-refractivity contribution in [3.8, 4) is 0 Å². The molecule has 0 spiro atoms. The number of nitrogens with zero attached hydrogens (tertiary/aromatic N) is 6. The predicted octanol–water partition coefficient (Wildman–Crippen LogP) is 4.78. The molecule has 0 saturated carbocycles. The molecule has 0 aliphatic carbocycles. The van der Waals surface area contributed by atoms with E-state index in [2.05, 4.69) is 25.7 Å². The number of aromatic nitrogens is 6. The SMILES string of the molecule is Cc1c(CC(NC(=O)OCc2ccccc2)c2ccccc2)nnn1Cc1nc(Cl)cc2cnn(C)c12. The molecule has 1 atom stereocenters. The molecule has 0 bridgehead atoms. The van der Waals surface area contributed by atoms with Crippen molar-refractivity contribution in [2.45, 2.75) is 32.5 Å².